The Morgan fingerprint density at radius 2 is 1.63 bits per heavy atom. The normalized spacial score (nSPS) is 22.9. The first-order valence-corrected chi connectivity index (χ1v) is 18.6. The number of hydrogen-bond donors (Lipinski definition) is 1. The maximum absolute atomic E-state index is 13.5. The van der Waals surface area contributed by atoms with Crippen LogP contribution in [0.5, 0.6) is 0 Å². The van der Waals surface area contributed by atoms with Crippen LogP contribution in [-0.2, 0) is 21.6 Å². The number of fused-ring (bicyclic) bond motifs is 3. The van der Waals surface area contributed by atoms with Crippen LogP contribution in [0.3, 0.4) is 0 Å². The lowest BCUT2D eigenvalue weighted by Gasteiger charge is -2.45. The van der Waals surface area contributed by atoms with E-state index in [1.165, 1.54) is 23.7 Å². The van der Waals surface area contributed by atoms with E-state index in [0.717, 1.165) is 67.7 Å². The number of aryl methyl sites for hydroxylation is 1. The molecule has 2 N–H and O–H groups in total. The van der Waals surface area contributed by atoms with E-state index in [2.05, 4.69) is 34.6 Å². The number of para-hydroxylation sites is 2. The molecule has 1 amide bonds. The zero-order valence-electron chi connectivity index (χ0n) is 27.2. The van der Waals surface area contributed by atoms with Crippen molar-refractivity contribution < 1.29 is 26.4 Å². The molecular formula is C36H39ClF3N5O3S. The third-order valence-corrected chi connectivity index (χ3v) is 12.6. The lowest BCUT2D eigenvalue weighted by molar-refractivity contribution is -0.137. The van der Waals surface area contributed by atoms with Gasteiger partial charge >= 0.3 is 6.18 Å². The van der Waals surface area contributed by atoms with Crippen LogP contribution >= 0.6 is 11.6 Å². The minimum Gasteiger partial charge on any atom is -0.339 e. The average Bonchev–Trinajstić information content (AvgIpc) is 3.53. The fraction of sp³-hybridized carbons (Fsp3) is 0.444. The van der Waals surface area contributed by atoms with Crippen LogP contribution in [0.4, 0.5) is 13.2 Å². The molecule has 3 fully saturated rings. The minimum atomic E-state index is -4.43. The molecule has 260 valence electrons. The van der Waals surface area contributed by atoms with Gasteiger partial charge in [-0.1, -0.05) is 35.9 Å². The van der Waals surface area contributed by atoms with Crippen molar-refractivity contribution >= 4 is 38.6 Å². The predicted octanol–water partition coefficient (Wildman–Crippen LogP) is 7.10. The van der Waals surface area contributed by atoms with Crippen molar-refractivity contribution in [1.29, 1.82) is 0 Å². The number of halogens is 4. The molecule has 0 saturated carbocycles. The molecule has 8 nitrogen and oxygen atoms in total. The van der Waals surface area contributed by atoms with Gasteiger partial charge in [0.05, 0.1) is 21.6 Å². The monoisotopic (exact) mass is 713 g/mol. The second kappa shape index (κ2) is 12.7. The fourth-order valence-electron chi connectivity index (χ4n) is 8.66. The molecule has 3 aromatic carbocycles. The standard InChI is InChI=1S/C36H39ClF3N5O3S/c1-23-42-31-4-2-3-5-32(31)45(23)29-21-27-11-12-28(22-29)44(27)19-16-35(25-7-9-26(10-8-25)36(38,39)40)14-17-43(18-15-35)34(46)24-6-13-30(37)33(20-24)49(41,47)48/h2-10,13,20,27-29H,11-12,14-19,21-22H2,1H3,(H2,41,47,48)/t27-,28+,29?. The van der Waals surface area contributed by atoms with E-state index < -0.39 is 27.2 Å². The molecule has 0 aliphatic carbocycles. The van der Waals surface area contributed by atoms with E-state index in [1.807, 2.05) is 6.07 Å². The van der Waals surface area contributed by atoms with Gasteiger partial charge in [-0.15, -0.1) is 0 Å². The molecule has 4 heterocycles. The van der Waals surface area contributed by atoms with Crippen LogP contribution in [0, 0.1) is 6.92 Å². The summed E-state index contributed by atoms with van der Waals surface area (Å²) in [4.78, 5) is 22.3. The van der Waals surface area contributed by atoms with E-state index in [1.54, 1.807) is 17.0 Å². The summed E-state index contributed by atoms with van der Waals surface area (Å²) in [7, 11) is -4.13. The van der Waals surface area contributed by atoms with E-state index in [9.17, 15) is 26.4 Å². The molecule has 7 rings (SSSR count). The van der Waals surface area contributed by atoms with Gasteiger partial charge < -0.3 is 9.47 Å². The highest BCUT2D eigenvalue weighted by Crippen LogP contribution is 2.45. The molecule has 3 saturated heterocycles. The Morgan fingerprint density at radius 1 is 0.980 bits per heavy atom. The molecule has 0 spiro atoms. The number of aromatic nitrogens is 2. The Hall–Kier alpha value is -3.45. The number of amides is 1. The van der Waals surface area contributed by atoms with Gasteiger partial charge in [0.25, 0.3) is 5.91 Å². The number of likely N-dealkylation sites (tertiary alicyclic amines) is 1. The number of piperidine rings is 2. The second-order valence-electron chi connectivity index (χ2n) is 13.9. The summed E-state index contributed by atoms with van der Waals surface area (Å²) >= 11 is 6.04. The zero-order chi connectivity index (χ0) is 34.7. The van der Waals surface area contributed by atoms with E-state index in [4.69, 9.17) is 21.7 Å². The Balaban J connectivity index is 1.10. The van der Waals surface area contributed by atoms with Crippen molar-refractivity contribution in [3.05, 3.63) is 94.3 Å². The van der Waals surface area contributed by atoms with Crippen molar-refractivity contribution in [3.63, 3.8) is 0 Å². The number of hydrogen-bond acceptors (Lipinski definition) is 5. The quantitative estimate of drug-likeness (QED) is 0.220. The summed E-state index contributed by atoms with van der Waals surface area (Å²) in [6, 6.07) is 19.0. The Labute approximate surface area is 289 Å². The molecular weight excluding hydrogens is 675 g/mol. The van der Waals surface area contributed by atoms with Gasteiger partial charge in [0, 0.05) is 36.8 Å². The number of imidazole rings is 1. The summed E-state index contributed by atoms with van der Waals surface area (Å²) in [5.41, 5.74) is 2.07. The topological polar surface area (TPSA) is 102 Å². The molecule has 2 bridgehead atoms. The van der Waals surface area contributed by atoms with Gasteiger partial charge in [0.1, 0.15) is 10.7 Å². The number of primary sulfonamides is 1. The molecule has 4 aromatic rings. The maximum Gasteiger partial charge on any atom is 0.416 e. The van der Waals surface area contributed by atoms with Gasteiger partial charge in [-0.05, 0) is 112 Å². The summed E-state index contributed by atoms with van der Waals surface area (Å²) in [5.74, 6) is 0.686. The van der Waals surface area contributed by atoms with Crippen LogP contribution in [0.25, 0.3) is 11.0 Å². The largest absolute Gasteiger partial charge is 0.416 e. The number of alkyl halides is 3. The highest BCUT2D eigenvalue weighted by Gasteiger charge is 2.44. The van der Waals surface area contributed by atoms with Crippen molar-refractivity contribution in [2.45, 2.75) is 86.5 Å². The molecule has 3 aliphatic rings. The number of nitrogens with zero attached hydrogens (tertiary/aromatic N) is 4. The second-order valence-corrected chi connectivity index (χ2v) is 15.8. The van der Waals surface area contributed by atoms with Crippen LogP contribution < -0.4 is 5.14 Å². The van der Waals surface area contributed by atoms with Gasteiger partial charge in [-0.25, -0.2) is 18.5 Å². The number of benzene rings is 3. The maximum atomic E-state index is 13.5. The van der Waals surface area contributed by atoms with Crippen LogP contribution in [0.2, 0.25) is 5.02 Å². The smallest absolute Gasteiger partial charge is 0.339 e. The predicted molar refractivity (Wildman–Crippen MR) is 182 cm³/mol. The lowest BCUT2D eigenvalue weighted by atomic mass is 9.70. The summed E-state index contributed by atoms with van der Waals surface area (Å²) in [6.45, 7) is 3.63. The van der Waals surface area contributed by atoms with Crippen molar-refractivity contribution in [2.24, 2.45) is 5.14 Å². The third kappa shape index (κ3) is 6.48. The van der Waals surface area contributed by atoms with Crippen LogP contribution in [-0.4, -0.2) is 65.4 Å². The molecule has 3 aliphatic heterocycles. The molecule has 49 heavy (non-hydrogen) atoms. The molecule has 3 atom stereocenters. The SMILES string of the molecule is Cc1nc2ccccc2n1C1C[C@H]2CC[C@@H](C1)N2CCC1(c2ccc(C(F)(F)F)cc2)CCN(C(=O)c2ccc(Cl)c(S(N)(=O)=O)c2)CC1. The number of sulfonamides is 1. The van der Waals surface area contributed by atoms with Gasteiger partial charge in [-0.2, -0.15) is 13.2 Å². The zero-order valence-corrected chi connectivity index (χ0v) is 28.7. The highest BCUT2D eigenvalue weighted by molar-refractivity contribution is 7.89. The third-order valence-electron chi connectivity index (χ3n) is 11.2. The summed E-state index contributed by atoms with van der Waals surface area (Å²) < 4.78 is 67.0. The minimum absolute atomic E-state index is 0.0643. The summed E-state index contributed by atoms with van der Waals surface area (Å²) in [6.07, 6.45) is 1.72. The molecule has 1 aromatic heterocycles. The van der Waals surface area contributed by atoms with E-state index >= 15 is 0 Å². The van der Waals surface area contributed by atoms with E-state index in [-0.39, 0.29) is 21.4 Å². The highest BCUT2D eigenvalue weighted by atomic mass is 35.5. The molecule has 13 heteroatoms. The van der Waals surface area contributed by atoms with Crippen molar-refractivity contribution in [3.8, 4) is 0 Å². The van der Waals surface area contributed by atoms with Gasteiger partial charge in [0.15, 0.2) is 0 Å². The van der Waals surface area contributed by atoms with Crippen LogP contribution in [0.15, 0.2) is 71.6 Å². The Kier molecular flexibility index (Phi) is 8.82. The first-order valence-electron chi connectivity index (χ1n) is 16.7. The first kappa shape index (κ1) is 34.0. The van der Waals surface area contributed by atoms with E-state index in [0.29, 0.717) is 44.1 Å². The van der Waals surface area contributed by atoms with Crippen LogP contribution in [0.1, 0.15) is 78.3 Å². The Bertz CT molecular complexity index is 1980. The first-order chi connectivity index (χ1) is 23.2. The number of nitrogens with two attached hydrogens (primary N) is 1. The number of carbonyl (C=O) groups excluding carboxylic acids is 1. The molecule has 1 unspecified atom stereocenters. The van der Waals surface area contributed by atoms with Gasteiger partial charge in [-0.3, -0.25) is 9.69 Å². The number of rotatable bonds is 7. The van der Waals surface area contributed by atoms with Crippen molar-refractivity contribution in [2.75, 3.05) is 19.6 Å². The van der Waals surface area contributed by atoms with Gasteiger partial charge in [0.2, 0.25) is 10.0 Å². The Morgan fingerprint density at radius 3 is 2.27 bits per heavy atom. The number of carbonyl (C=O) groups is 1. The fourth-order valence-corrected chi connectivity index (χ4v) is 9.73. The van der Waals surface area contributed by atoms with Crippen molar-refractivity contribution in [1.82, 2.24) is 19.4 Å². The lowest BCUT2D eigenvalue weighted by Crippen LogP contribution is -2.49. The summed E-state index contributed by atoms with van der Waals surface area (Å²) in [5, 5.41) is 5.24. The molecule has 0 radical (unpaired) electrons. The average molecular weight is 714 g/mol.